The minimum atomic E-state index is -0.370. The molecule has 2 aromatic heterocycles. The predicted molar refractivity (Wildman–Crippen MR) is 91.5 cm³/mol. The number of hydrogen-bond acceptors (Lipinski definition) is 5. The van der Waals surface area contributed by atoms with E-state index in [2.05, 4.69) is 15.8 Å². The number of hydrogen-bond donors (Lipinski definition) is 2. The van der Waals surface area contributed by atoms with Gasteiger partial charge in [-0.25, -0.2) is 4.98 Å². The molecule has 0 aliphatic heterocycles. The van der Waals surface area contributed by atoms with Crippen LogP contribution < -0.4 is 10.9 Å². The Labute approximate surface area is 141 Å². The van der Waals surface area contributed by atoms with Crippen LogP contribution in [0.15, 0.2) is 47.2 Å². The number of thiophene rings is 1. The van der Waals surface area contributed by atoms with E-state index in [1.54, 1.807) is 42.5 Å². The Balaban J connectivity index is 1.68. The highest BCUT2D eigenvalue weighted by Gasteiger charge is 2.17. The third kappa shape index (κ3) is 3.46. The molecule has 7 heteroatoms. The second-order valence-electron chi connectivity index (χ2n) is 4.72. The van der Waals surface area contributed by atoms with Gasteiger partial charge in [-0.3, -0.25) is 20.4 Å². The normalized spacial score (nSPS) is 10.3. The van der Waals surface area contributed by atoms with Crippen molar-refractivity contribution in [1.82, 2.24) is 15.8 Å². The number of benzene rings is 1. The zero-order valence-electron chi connectivity index (χ0n) is 12.2. The third-order valence-electron chi connectivity index (χ3n) is 3.10. The van der Waals surface area contributed by atoms with Gasteiger partial charge >= 0.3 is 0 Å². The van der Waals surface area contributed by atoms with Crippen molar-refractivity contribution in [3.05, 3.63) is 63.3 Å². The van der Waals surface area contributed by atoms with E-state index in [-0.39, 0.29) is 11.8 Å². The molecule has 5 nitrogen and oxygen atoms in total. The van der Waals surface area contributed by atoms with Gasteiger partial charge in [0.2, 0.25) is 0 Å². The predicted octanol–water partition coefficient (Wildman–Crippen LogP) is 3.25. The first-order valence-corrected chi connectivity index (χ1v) is 8.57. The quantitative estimate of drug-likeness (QED) is 0.717. The van der Waals surface area contributed by atoms with Crippen molar-refractivity contribution in [2.24, 2.45) is 0 Å². The smallest absolute Gasteiger partial charge is 0.267 e. The fourth-order valence-electron chi connectivity index (χ4n) is 1.95. The molecule has 116 valence electrons. The first kappa shape index (κ1) is 15.4. The second-order valence-corrected chi connectivity index (χ2v) is 6.50. The Hall–Kier alpha value is -2.51. The zero-order valence-corrected chi connectivity index (χ0v) is 13.8. The maximum absolute atomic E-state index is 12.2. The molecule has 0 spiro atoms. The number of carbonyl (C=O) groups excluding carboxylic acids is 2. The summed E-state index contributed by atoms with van der Waals surface area (Å²) in [5, 5.41) is 4.74. The van der Waals surface area contributed by atoms with Crippen LogP contribution in [0.3, 0.4) is 0 Å². The van der Waals surface area contributed by atoms with Gasteiger partial charge in [0.1, 0.15) is 9.88 Å². The Morgan fingerprint density at radius 3 is 2.48 bits per heavy atom. The van der Waals surface area contributed by atoms with Gasteiger partial charge in [0.15, 0.2) is 0 Å². The van der Waals surface area contributed by atoms with Gasteiger partial charge in [-0.05, 0) is 30.5 Å². The van der Waals surface area contributed by atoms with E-state index >= 15 is 0 Å². The number of aromatic nitrogens is 1. The molecule has 0 aliphatic carbocycles. The van der Waals surface area contributed by atoms with Crippen molar-refractivity contribution in [3.8, 4) is 10.6 Å². The first-order valence-electron chi connectivity index (χ1n) is 6.81. The lowest BCUT2D eigenvalue weighted by Crippen LogP contribution is -2.41. The Kier molecular flexibility index (Phi) is 4.50. The molecule has 0 saturated heterocycles. The molecule has 2 heterocycles. The Morgan fingerprint density at radius 1 is 1.04 bits per heavy atom. The zero-order chi connectivity index (χ0) is 16.2. The van der Waals surface area contributed by atoms with Crippen LogP contribution in [0, 0.1) is 6.92 Å². The molecule has 1 aromatic carbocycles. The standard InChI is InChI=1S/C16H13N3O2S2/c1-10-13(23-16(17-10)12-7-8-22-9-12)15(21)19-18-14(20)11-5-3-2-4-6-11/h2-9H,1H3,(H,18,20)(H,19,21). The average Bonchev–Trinajstić information content (AvgIpc) is 3.22. The molecule has 3 rings (SSSR count). The average molecular weight is 343 g/mol. The Bertz CT molecular complexity index is 826. The summed E-state index contributed by atoms with van der Waals surface area (Å²) in [6.45, 7) is 1.78. The van der Waals surface area contributed by atoms with Crippen LogP contribution in [-0.2, 0) is 0 Å². The number of hydrazine groups is 1. The molecule has 2 N–H and O–H groups in total. The summed E-state index contributed by atoms with van der Waals surface area (Å²) < 4.78 is 0. The van der Waals surface area contributed by atoms with Crippen molar-refractivity contribution >= 4 is 34.5 Å². The van der Waals surface area contributed by atoms with E-state index in [1.807, 2.05) is 22.9 Å². The lowest BCUT2D eigenvalue weighted by atomic mass is 10.2. The maximum Gasteiger partial charge on any atom is 0.281 e. The fourth-order valence-corrected chi connectivity index (χ4v) is 3.62. The number of thiazole rings is 1. The van der Waals surface area contributed by atoms with Crippen LogP contribution >= 0.6 is 22.7 Å². The van der Waals surface area contributed by atoms with Crippen molar-refractivity contribution in [2.75, 3.05) is 0 Å². The fraction of sp³-hybridized carbons (Fsp3) is 0.0625. The summed E-state index contributed by atoms with van der Waals surface area (Å²) in [6, 6.07) is 10.7. The first-order chi connectivity index (χ1) is 11.1. The van der Waals surface area contributed by atoms with Crippen molar-refractivity contribution in [2.45, 2.75) is 6.92 Å². The number of carbonyl (C=O) groups is 2. The lowest BCUT2D eigenvalue weighted by molar-refractivity contribution is 0.0848. The summed E-state index contributed by atoms with van der Waals surface area (Å²) in [4.78, 5) is 29.0. The second kappa shape index (κ2) is 6.72. The number of nitrogens with zero attached hydrogens (tertiary/aromatic N) is 1. The van der Waals surface area contributed by atoms with Gasteiger partial charge < -0.3 is 0 Å². The Morgan fingerprint density at radius 2 is 1.78 bits per heavy atom. The summed E-state index contributed by atoms with van der Waals surface area (Å²) in [7, 11) is 0. The van der Waals surface area contributed by atoms with Crippen molar-refractivity contribution in [1.29, 1.82) is 0 Å². The summed E-state index contributed by atoms with van der Waals surface area (Å²) >= 11 is 2.88. The van der Waals surface area contributed by atoms with Crippen LogP contribution in [-0.4, -0.2) is 16.8 Å². The summed E-state index contributed by atoms with van der Waals surface area (Å²) in [5.74, 6) is -0.732. The molecule has 0 radical (unpaired) electrons. The molecule has 0 unspecified atom stereocenters. The van der Waals surface area contributed by atoms with E-state index in [0.29, 0.717) is 16.1 Å². The van der Waals surface area contributed by atoms with E-state index in [0.717, 1.165) is 10.6 Å². The number of aryl methyl sites for hydroxylation is 1. The van der Waals surface area contributed by atoms with Crippen molar-refractivity contribution in [3.63, 3.8) is 0 Å². The van der Waals surface area contributed by atoms with Crippen LogP contribution in [0.1, 0.15) is 25.7 Å². The molecular formula is C16H13N3O2S2. The summed E-state index contributed by atoms with van der Waals surface area (Å²) in [6.07, 6.45) is 0. The SMILES string of the molecule is Cc1nc(-c2ccsc2)sc1C(=O)NNC(=O)c1ccccc1. The van der Waals surface area contributed by atoms with Crippen LogP contribution in [0.25, 0.3) is 10.6 Å². The molecule has 23 heavy (non-hydrogen) atoms. The minimum Gasteiger partial charge on any atom is -0.267 e. The van der Waals surface area contributed by atoms with Gasteiger partial charge in [0, 0.05) is 16.5 Å². The molecule has 0 fully saturated rings. The lowest BCUT2D eigenvalue weighted by Gasteiger charge is -2.06. The maximum atomic E-state index is 12.2. The van der Waals surface area contributed by atoms with E-state index in [4.69, 9.17) is 0 Å². The van der Waals surface area contributed by atoms with Gasteiger partial charge in [0.05, 0.1) is 5.69 Å². The monoisotopic (exact) mass is 343 g/mol. The number of rotatable bonds is 3. The van der Waals surface area contributed by atoms with Crippen LogP contribution in [0.4, 0.5) is 0 Å². The van der Waals surface area contributed by atoms with Gasteiger partial charge in [0.25, 0.3) is 11.8 Å². The molecule has 0 aliphatic rings. The van der Waals surface area contributed by atoms with Crippen molar-refractivity contribution < 1.29 is 9.59 Å². The van der Waals surface area contributed by atoms with Gasteiger partial charge in [-0.15, -0.1) is 11.3 Å². The molecular weight excluding hydrogens is 330 g/mol. The molecule has 0 saturated carbocycles. The number of nitrogens with one attached hydrogen (secondary N) is 2. The van der Waals surface area contributed by atoms with E-state index < -0.39 is 0 Å². The third-order valence-corrected chi connectivity index (χ3v) is 4.98. The molecule has 0 atom stereocenters. The number of amides is 2. The minimum absolute atomic E-state index is 0.362. The van der Waals surface area contributed by atoms with Crippen LogP contribution in [0.2, 0.25) is 0 Å². The molecule has 3 aromatic rings. The highest BCUT2D eigenvalue weighted by atomic mass is 32.1. The largest absolute Gasteiger partial charge is 0.281 e. The molecule has 0 bridgehead atoms. The highest BCUT2D eigenvalue weighted by molar-refractivity contribution is 7.17. The summed E-state index contributed by atoms with van der Waals surface area (Å²) in [5.41, 5.74) is 6.96. The van der Waals surface area contributed by atoms with E-state index in [9.17, 15) is 9.59 Å². The molecule has 2 amide bonds. The van der Waals surface area contributed by atoms with Gasteiger partial charge in [-0.2, -0.15) is 11.3 Å². The van der Waals surface area contributed by atoms with E-state index in [1.165, 1.54) is 11.3 Å². The highest BCUT2D eigenvalue weighted by Crippen LogP contribution is 2.29. The van der Waals surface area contributed by atoms with Crippen LogP contribution in [0.5, 0.6) is 0 Å². The van der Waals surface area contributed by atoms with Gasteiger partial charge in [-0.1, -0.05) is 18.2 Å². The topological polar surface area (TPSA) is 71.1 Å².